The van der Waals surface area contributed by atoms with Gasteiger partial charge in [0.15, 0.2) is 0 Å². The molecule has 1 atom stereocenters. The van der Waals surface area contributed by atoms with Crippen LogP contribution in [-0.4, -0.2) is 22.1 Å². The summed E-state index contributed by atoms with van der Waals surface area (Å²) in [6.45, 7) is 1.30. The second-order valence-electron chi connectivity index (χ2n) is 1.51. The summed E-state index contributed by atoms with van der Waals surface area (Å²) in [4.78, 5) is 25.9. The maximum Gasteiger partial charge on any atom is 0.400 e. The van der Waals surface area contributed by atoms with Crippen LogP contribution < -0.4 is 5.09 Å². The molecule has 5 nitrogen and oxygen atoms in total. The number of hydrogen-bond donors (Lipinski definition) is 3. The van der Waals surface area contributed by atoms with E-state index in [0.29, 0.717) is 0 Å². The van der Waals surface area contributed by atoms with Crippen LogP contribution in [0.4, 0.5) is 0 Å². The predicted octanol–water partition coefficient (Wildman–Crippen LogP) is -0.833. The van der Waals surface area contributed by atoms with E-state index in [2.05, 4.69) is 0 Å². The summed E-state index contributed by atoms with van der Waals surface area (Å²) in [5.41, 5.74) is 0. The van der Waals surface area contributed by atoms with E-state index in [1.54, 1.807) is 5.09 Å². The van der Waals surface area contributed by atoms with Crippen molar-refractivity contribution < 1.29 is 19.1 Å². The van der Waals surface area contributed by atoms with Crippen LogP contribution in [0.3, 0.4) is 0 Å². The first-order chi connectivity index (χ1) is 3.95. The van der Waals surface area contributed by atoms with Crippen LogP contribution in [-0.2, 0) is 9.36 Å². The number of carbonyl (C=O) groups excluding carboxylic acids is 1. The topological polar surface area (TPSA) is 86.6 Å². The van der Waals surface area contributed by atoms with Crippen molar-refractivity contribution in [1.82, 2.24) is 5.09 Å². The standard InChI is InChI=1S/C3H7NO4P/c1-3(2-5)4-9(6,7)8/h3H,1H3,(H3,4,6,7,8)/t3-/m0/s1. The van der Waals surface area contributed by atoms with Gasteiger partial charge >= 0.3 is 7.75 Å². The van der Waals surface area contributed by atoms with Crippen molar-refractivity contribution in [2.75, 3.05) is 0 Å². The number of rotatable bonds is 3. The maximum atomic E-state index is 10.0. The fourth-order valence-electron chi connectivity index (χ4n) is 0.279. The van der Waals surface area contributed by atoms with Gasteiger partial charge in [-0.05, 0) is 6.92 Å². The van der Waals surface area contributed by atoms with E-state index >= 15 is 0 Å². The smallest absolute Gasteiger partial charge is 0.313 e. The molecule has 0 fully saturated rings. The third kappa shape index (κ3) is 5.65. The predicted molar refractivity (Wildman–Crippen MR) is 30.3 cm³/mol. The van der Waals surface area contributed by atoms with Crippen LogP contribution in [0.5, 0.6) is 0 Å². The van der Waals surface area contributed by atoms with Gasteiger partial charge < -0.3 is 9.79 Å². The monoisotopic (exact) mass is 152 g/mol. The summed E-state index contributed by atoms with van der Waals surface area (Å²) in [5.74, 6) is 0. The molecule has 0 aliphatic carbocycles. The molecule has 9 heavy (non-hydrogen) atoms. The quantitative estimate of drug-likeness (QED) is 0.459. The van der Waals surface area contributed by atoms with Gasteiger partial charge in [0.1, 0.15) is 0 Å². The summed E-state index contributed by atoms with van der Waals surface area (Å²) in [5, 5.41) is 1.71. The van der Waals surface area contributed by atoms with Gasteiger partial charge in [-0.2, -0.15) is 0 Å². The molecule has 1 radical (unpaired) electrons. The van der Waals surface area contributed by atoms with Gasteiger partial charge in [-0.3, -0.25) is 4.79 Å². The average Bonchev–Trinajstić information content (AvgIpc) is 1.62. The second-order valence-corrected chi connectivity index (χ2v) is 2.86. The summed E-state index contributed by atoms with van der Waals surface area (Å²) < 4.78 is 10.0. The Balaban J connectivity index is 3.74. The molecule has 6 heteroatoms. The average molecular weight is 152 g/mol. The molecule has 0 spiro atoms. The van der Waals surface area contributed by atoms with E-state index in [9.17, 15) is 9.36 Å². The van der Waals surface area contributed by atoms with Crippen LogP contribution in [0, 0.1) is 0 Å². The molecule has 0 aromatic rings. The third-order valence-corrected chi connectivity index (χ3v) is 1.26. The van der Waals surface area contributed by atoms with Gasteiger partial charge in [0, 0.05) is 0 Å². The Kier molecular flexibility index (Phi) is 3.00. The van der Waals surface area contributed by atoms with Crippen molar-refractivity contribution in [3.05, 3.63) is 0 Å². The minimum Gasteiger partial charge on any atom is -0.313 e. The lowest BCUT2D eigenvalue weighted by molar-refractivity contribution is 0.354. The molecule has 0 bridgehead atoms. The Morgan fingerprint density at radius 3 is 2.22 bits per heavy atom. The summed E-state index contributed by atoms with van der Waals surface area (Å²) in [6, 6.07) is -0.925. The highest BCUT2D eigenvalue weighted by Crippen LogP contribution is 2.28. The zero-order valence-electron chi connectivity index (χ0n) is 4.74. The van der Waals surface area contributed by atoms with E-state index in [-0.39, 0.29) is 0 Å². The molecule has 0 amide bonds. The molecule has 0 rings (SSSR count). The molecule has 0 saturated heterocycles. The van der Waals surface area contributed by atoms with Crippen molar-refractivity contribution in [1.29, 1.82) is 0 Å². The lowest BCUT2D eigenvalue weighted by Gasteiger charge is -2.05. The zero-order chi connectivity index (χ0) is 7.49. The van der Waals surface area contributed by atoms with Crippen LogP contribution in [0.25, 0.3) is 0 Å². The molecule has 0 aliphatic rings. The second kappa shape index (κ2) is 3.08. The summed E-state index contributed by atoms with van der Waals surface area (Å²) >= 11 is 0. The lowest BCUT2D eigenvalue weighted by atomic mass is 10.4. The first-order valence-corrected chi connectivity index (χ1v) is 3.78. The summed E-state index contributed by atoms with van der Waals surface area (Å²) in [7, 11) is -4.25. The first kappa shape index (κ1) is 8.78. The van der Waals surface area contributed by atoms with E-state index in [4.69, 9.17) is 9.79 Å². The fraction of sp³-hybridized carbons (Fsp3) is 0.667. The Labute approximate surface area is 52.3 Å². The van der Waals surface area contributed by atoms with Crippen LogP contribution in [0.2, 0.25) is 0 Å². The SMILES string of the molecule is C[C@@H]([C]=O)NP(=O)(O)O. The Bertz CT molecular complexity index is 141. The molecule has 0 heterocycles. The van der Waals surface area contributed by atoms with Crippen LogP contribution >= 0.6 is 7.75 Å². The van der Waals surface area contributed by atoms with Crippen molar-refractivity contribution in [2.24, 2.45) is 0 Å². The molecule has 0 aliphatic heterocycles. The Morgan fingerprint density at radius 2 is 2.11 bits per heavy atom. The van der Waals surface area contributed by atoms with Crippen molar-refractivity contribution >= 4 is 14.0 Å². The van der Waals surface area contributed by atoms with E-state index in [1.165, 1.54) is 13.2 Å². The van der Waals surface area contributed by atoms with Crippen molar-refractivity contribution in [2.45, 2.75) is 13.0 Å². The number of hydrogen-bond acceptors (Lipinski definition) is 2. The van der Waals surface area contributed by atoms with E-state index < -0.39 is 13.8 Å². The highest BCUT2D eigenvalue weighted by Gasteiger charge is 2.15. The van der Waals surface area contributed by atoms with Gasteiger partial charge in [0.05, 0.1) is 6.04 Å². The molecule has 53 valence electrons. The normalized spacial score (nSPS) is 15.0. The lowest BCUT2D eigenvalue weighted by Crippen LogP contribution is -2.23. The molecule has 0 aromatic heterocycles. The fourth-order valence-corrected chi connectivity index (χ4v) is 0.836. The minimum atomic E-state index is -4.25. The molecule has 3 N–H and O–H groups in total. The van der Waals surface area contributed by atoms with Crippen LogP contribution in [0.15, 0.2) is 0 Å². The van der Waals surface area contributed by atoms with Gasteiger partial charge in [-0.25, -0.2) is 9.65 Å². The molecular weight excluding hydrogens is 145 g/mol. The Hall–Kier alpha value is -0.220. The molecular formula is C3H7NO4P. The maximum absolute atomic E-state index is 10.0. The zero-order valence-corrected chi connectivity index (χ0v) is 5.63. The number of nitrogens with one attached hydrogen (secondary N) is 1. The minimum absolute atomic E-state index is 0.925. The molecule has 0 aromatic carbocycles. The van der Waals surface area contributed by atoms with Gasteiger partial charge in [-0.15, -0.1) is 0 Å². The van der Waals surface area contributed by atoms with Crippen LogP contribution in [0.1, 0.15) is 6.92 Å². The van der Waals surface area contributed by atoms with Crippen molar-refractivity contribution in [3.63, 3.8) is 0 Å². The van der Waals surface area contributed by atoms with E-state index in [0.717, 1.165) is 0 Å². The highest BCUT2D eigenvalue weighted by molar-refractivity contribution is 7.49. The Morgan fingerprint density at radius 1 is 1.67 bits per heavy atom. The van der Waals surface area contributed by atoms with Gasteiger partial charge in [-0.1, -0.05) is 0 Å². The van der Waals surface area contributed by atoms with Gasteiger partial charge in [0.25, 0.3) is 0 Å². The highest BCUT2D eigenvalue weighted by atomic mass is 31.2. The van der Waals surface area contributed by atoms with E-state index in [1.807, 2.05) is 0 Å². The largest absolute Gasteiger partial charge is 0.400 e. The molecule has 0 unspecified atom stereocenters. The summed E-state index contributed by atoms with van der Waals surface area (Å²) in [6.07, 6.45) is 1.37. The third-order valence-electron chi connectivity index (χ3n) is 0.539. The van der Waals surface area contributed by atoms with Crippen molar-refractivity contribution in [3.8, 4) is 0 Å². The molecule has 0 saturated carbocycles. The first-order valence-electron chi connectivity index (χ1n) is 2.17. The van der Waals surface area contributed by atoms with Gasteiger partial charge in [0.2, 0.25) is 6.29 Å².